The van der Waals surface area contributed by atoms with E-state index in [0.29, 0.717) is 0 Å². The van der Waals surface area contributed by atoms with Crippen molar-refractivity contribution in [3.05, 3.63) is 53.1 Å². The van der Waals surface area contributed by atoms with E-state index in [2.05, 4.69) is 48.6 Å². The van der Waals surface area contributed by atoms with Crippen molar-refractivity contribution in [1.29, 1.82) is 0 Å². The maximum atomic E-state index is 4.75. The van der Waals surface area contributed by atoms with Gasteiger partial charge < -0.3 is 5.32 Å². The molecule has 0 radical (unpaired) electrons. The van der Waals surface area contributed by atoms with E-state index in [0.717, 1.165) is 23.6 Å². The number of hydrogen-bond acceptors (Lipinski definition) is 3. The Hall–Kier alpha value is -1.71. The summed E-state index contributed by atoms with van der Waals surface area (Å²) >= 11 is 1.78. The van der Waals surface area contributed by atoms with Gasteiger partial charge in [0.15, 0.2) is 0 Å². The first-order valence-electron chi connectivity index (χ1n) is 6.50. The molecule has 2 aromatic carbocycles. The Balaban J connectivity index is 1.85. The van der Waals surface area contributed by atoms with Gasteiger partial charge in [-0.25, -0.2) is 4.98 Å². The van der Waals surface area contributed by atoms with Crippen LogP contribution in [0.4, 0.5) is 0 Å². The molecule has 2 nitrogen and oxygen atoms in total. The molecule has 1 aliphatic heterocycles. The number of aromatic nitrogens is 1. The Labute approximate surface area is 116 Å². The summed E-state index contributed by atoms with van der Waals surface area (Å²) in [4.78, 5) is 4.75. The van der Waals surface area contributed by atoms with Crippen LogP contribution in [-0.2, 0) is 13.1 Å². The summed E-state index contributed by atoms with van der Waals surface area (Å²) in [5.41, 5.74) is 6.46. The Bertz CT molecular complexity index is 774. The van der Waals surface area contributed by atoms with Gasteiger partial charge in [-0.15, -0.1) is 11.3 Å². The summed E-state index contributed by atoms with van der Waals surface area (Å²) in [7, 11) is 0. The quantitative estimate of drug-likeness (QED) is 0.723. The predicted octanol–water partition coefficient (Wildman–Crippen LogP) is 3.87. The number of nitrogens with zero attached hydrogens (tertiary/aromatic N) is 1. The summed E-state index contributed by atoms with van der Waals surface area (Å²) < 4.78 is 1.27. The predicted molar refractivity (Wildman–Crippen MR) is 80.3 cm³/mol. The number of benzene rings is 2. The van der Waals surface area contributed by atoms with E-state index in [-0.39, 0.29) is 0 Å². The maximum absolute atomic E-state index is 4.75. The van der Waals surface area contributed by atoms with Gasteiger partial charge in [-0.1, -0.05) is 18.2 Å². The van der Waals surface area contributed by atoms with E-state index in [1.807, 2.05) is 0 Å². The Kier molecular flexibility index (Phi) is 2.43. The van der Waals surface area contributed by atoms with Crippen LogP contribution in [0.15, 0.2) is 36.4 Å². The van der Waals surface area contributed by atoms with Crippen LogP contribution in [-0.4, -0.2) is 4.98 Å². The fourth-order valence-electron chi connectivity index (χ4n) is 2.58. The minimum absolute atomic E-state index is 0.979. The van der Waals surface area contributed by atoms with E-state index in [1.54, 1.807) is 11.3 Å². The SMILES string of the molecule is Cc1ccc2nc(-c3ccc4c(c3)CNC4)sc2c1. The van der Waals surface area contributed by atoms with Crippen LogP contribution in [0.5, 0.6) is 0 Å². The maximum Gasteiger partial charge on any atom is 0.124 e. The van der Waals surface area contributed by atoms with Gasteiger partial charge in [-0.2, -0.15) is 0 Å². The summed E-state index contributed by atoms with van der Waals surface area (Å²) in [6.07, 6.45) is 0. The molecule has 4 rings (SSSR count). The van der Waals surface area contributed by atoms with Crippen molar-refractivity contribution in [2.24, 2.45) is 0 Å². The van der Waals surface area contributed by atoms with Crippen LogP contribution in [0.2, 0.25) is 0 Å². The highest BCUT2D eigenvalue weighted by molar-refractivity contribution is 7.21. The van der Waals surface area contributed by atoms with Crippen LogP contribution in [0.3, 0.4) is 0 Å². The molecule has 1 aliphatic rings. The number of rotatable bonds is 1. The van der Waals surface area contributed by atoms with Crippen molar-refractivity contribution in [3.63, 3.8) is 0 Å². The van der Waals surface area contributed by atoms with Crippen molar-refractivity contribution in [2.45, 2.75) is 20.0 Å². The number of nitrogens with one attached hydrogen (secondary N) is 1. The Morgan fingerprint density at radius 1 is 1.05 bits per heavy atom. The van der Waals surface area contributed by atoms with Gasteiger partial charge in [0, 0.05) is 18.7 Å². The largest absolute Gasteiger partial charge is 0.309 e. The van der Waals surface area contributed by atoms with Gasteiger partial charge in [-0.3, -0.25) is 0 Å². The van der Waals surface area contributed by atoms with Gasteiger partial charge >= 0.3 is 0 Å². The molecule has 0 aliphatic carbocycles. The zero-order chi connectivity index (χ0) is 12.8. The molecule has 0 atom stereocenters. The highest BCUT2D eigenvalue weighted by Crippen LogP contribution is 2.32. The second-order valence-corrected chi connectivity index (χ2v) is 6.11. The lowest BCUT2D eigenvalue weighted by molar-refractivity contribution is 0.765. The third-order valence-corrected chi connectivity index (χ3v) is 4.70. The smallest absolute Gasteiger partial charge is 0.124 e. The highest BCUT2D eigenvalue weighted by Gasteiger charge is 2.12. The van der Waals surface area contributed by atoms with Crippen LogP contribution in [0.1, 0.15) is 16.7 Å². The summed E-state index contributed by atoms with van der Waals surface area (Å²) in [6.45, 7) is 4.10. The van der Waals surface area contributed by atoms with Crippen molar-refractivity contribution >= 4 is 21.6 Å². The molecule has 1 N–H and O–H groups in total. The minimum Gasteiger partial charge on any atom is -0.309 e. The second-order valence-electron chi connectivity index (χ2n) is 5.08. The van der Waals surface area contributed by atoms with E-state index in [9.17, 15) is 0 Å². The zero-order valence-corrected chi connectivity index (χ0v) is 11.6. The number of aryl methyl sites for hydroxylation is 1. The van der Waals surface area contributed by atoms with Crippen LogP contribution in [0, 0.1) is 6.92 Å². The van der Waals surface area contributed by atoms with Gasteiger partial charge in [-0.05, 0) is 41.8 Å². The number of fused-ring (bicyclic) bond motifs is 2. The molecular weight excluding hydrogens is 252 g/mol. The van der Waals surface area contributed by atoms with E-state index >= 15 is 0 Å². The molecule has 0 fully saturated rings. The average molecular weight is 266 g/mol. The first-order chi connectivity index (χ1) is 9.29. The number of hydrogen-bond donors (Lipinski definition) is 1. The Morgan fingerprint density at radius 2 is 1.95 bits per heavy atom. The summed E-state index contributed by atoms with van der Waals surface area (Å²) in [6, 6.07) is 13.1. The second kappa shape index (κ2) is 4.15. The monoisotopic (exact) mass is 266 g/mol. The summed E-state index contributed by atoms with van der Waals surface area (Å²) in [5, 5.41) is 4.50. The topological polar surface area (TPSA) is 24.9 Å². The fraction of sp³-hybridized carbons (Fsp3) is 0.188. The molecule has 2 heterocycles. The Morgan fingerprint density at radius 3 is 2.89 bits per heavy atom. The van der Waals surface area contributed by atoms with E-state index in [4.69, 9.17) is 4.98 Å². The first-order valence-corrected chi connectivity index (χ1v) is 7.31. The van der Waals surface area contributed by atoms with Crippen LogP contribution >= 0.6 is 11.3 Å². The lowest BCUT2D eigenvalue weighted by atomic mass is 10.1. The molecule has 1 aromatic heterocycles. The zero-order valence-electron chi connectivity index (χ0n) is 10.7. The molecule has 3 aromatic rings. The third-order valence-electron chi connectivity index (χ3n) is 3.63. The van der Waals surface area contributed by atoms with Crippen molar-refractivity contribution in [2.75, 3.05) is 0 Å². The molecule has 19 heavy (non-hydrogen) atoms. The molecule has 3 heteroatoms. The van der Waals surface area contributed by atoms with E-state index in [1.165, 1.54) is 27.0 Å². The third kappa shape index (κ3) is 1.86. The van der Waals surface area contributed by atoms with Crippen molar-refractivity contribution < 1.29 is 0 Å². The first kappa shape index (κ1) is 11.1. The minimum atomic E-state index is 0.979. The van der Waals surface area contributed by atoms with Crippen LogP contribution < -0.4 is 5.32 Å². The molecule has 0 spiro atoms. The van der Waals surface area contributed by atoms with Crippen molar-refractivity contribution in [1.82, 2.24) is 10.3 Å². The molecule has 0 unspecified atom stereocenters. The molecule has 0 bridgehead atoms. The van der Waals surface area contributed by atoms with Crippen molar-refractivity contribution in [3.8, 4) is 10.6 Å². The fourth-order valence-corrected chi connectivity index (χ4v) is 3.64. The molecule has 0 saturated carbocycles. The standard InChI is InChI=1S/C16H14N2S/c1-10-2-5-14-15(6-10)19-16(18-14)11-3-4-12-8-17-9-13(12)7-11/h2-7,17H,8-9H2,1H3. The molecule has 94 valence electrons. The lowest BCUT2D eigenvalue weighted by Crippen LogP contribution is -1.99. The van der Waals surface area contributed by atoms with Gasteiger partial charge in [0.25, 0.3) is 0 Å². The molecule has 0 saturated heterocycles. The average Bonchev–Trinajstić information content (AvgIpc) is 3.02. The van der Waals surface area contributed by atoms with Gasteiger partial charge in [0.2, 0.25) is 0 Å². The lowest BCUT2D eigenvalue weighted by Gasteiger charge is -2.00. The van der Waals surface area contributed by atoms with Gasteiger partial charge in [0.05, 0.1) is 10.2 Å². The normalized spacial score (nSPS) is 13.9. The highest BCUT2D eigenvalue weighted by atomic mass is 32.1. The molecular formula is C16H14N2S. The molecule has 0 amide bonds. The number of thiazole rings is 1. The van der Waals surface area contributed by atoms with Crippen LogP contribution in [0.25, 0.3) is 20.8 Å². The summed E-state index contributed by atoms with van der Waals surface area (Å²) in [5.74, 6) is 0. The van der Waals surface area contributed by atoms with E-state index < -0.39 is 0 Å². The van der Waals surface area contributed by atoms with Gasteiger partial charge in [0.1, 0.15) is 5.01 Å².